The lowest BCUT2D eigenvalue weighted by molar-refractivity contribution is 0.450. The molecule has 22 heavy (non-hydrogen) atoms. The first-order valence-electron chi connectivity index (χ1n) is 6.20. The molecule has 4 N–H and O–H groups in total. The zero-order chi connectivity index (χ0) is 15.7. The van der Waals surface area contributed by atoms with Gasteiger partial charge in [-0.25, -0.2) is 10.4 Å². The number of fused-ring (bicyclic) bond motifs is 1. The first kappa shape index (κ1) is 14.5. The Bertz CT molecular complexity index is 844. The third-order valence-corrected chi connectivity index (χ3v) is 3.61. The standard InChI is InChI=1S/C14H10Cl2N4O2/c15-8-5-7(12(21)11(16)13(8)22)6-17-20-14-18-9-3-1-2-4-10(9)19-14/h1-6,21-22H,(H2,18,19,20)/b17-6-. The molecule has 1 heterocycles. The van der Waals surface area contributed by atoms with Crippen molar-refractivity contribution in [2.75, 3.05) is 5.43 Å². The summed E-state index contributed by atoms with van der Waals surface area (Å²) in [5, 5.41) is 23.1. The topological polar surface area (TPSA) is 93.5 Å². The first-order chi connectivity index (χ1) is 10.6. The summed E-state index contributed by atoms with van der Waals surface area (Å²) in [6.07, 6.45) is 1.32. The van der Waals surface area contributed by atoms with E-state index in [-0.39, 0.29) is 27.1 Å². The van der Waals surface area contributed by atoms with E-state index in [1.165, 1.54) is 12.3 Å². The number of phenolic OH excluding ortho intramolecular Hbond substituents is 2. The monoisotopic (exact) mass is 336 g/mol. The molecule has 0 aliphatic heterocycles. The predicted octanol–water partition coefficient (Wildman–Crippen LogP) is 3.73. The average Bonchev–Trinajstić information content (AvgIpc) is 2.93. The Morgan fingerprint density at radius 3 is 2.73 bits per heavy atom. The molecule has 3 aromatic rings. The number of hydrogen-bond donors (Lipinski definition) is 4. The molecule has 8 heteroatoms. The molecule has 0 atom stereocenters. The largest absolute Gasteiger partial charge is 0.506 e. The van der Waals surface area contributed by atoms with E-state index in [1.807, 2.05) is 24.3 Å². The van der Waals surface area contributed by atoms with Crippen LogP contribution in [0.15, 0.2) is 35.4 Å². The SMILES string of the molecule is Oc1c(Cl)cc(/C=N\Nc2nc3ccccc3[nH]2)c(O)c1Cl. The fraction of sp³-hybridized carbons (Fsp3) is 0. The van der Waals surface area contributed by atoms with Crippen molar-refractivity contribution in [1.29, 1.82) is 0 Å². The Balaban J connectivity index is 1.83. The second kappa shape index (κ2) is 5.75. The maximum atomic E-state index is 9.82. The lowest BCUT2D eigenvalue weighted by Crippen LogP contribution is -1.93. The molecule has 0 spiro atoms. The third kappa shape index (κ3) is 2.66. The molecule has 3 rings (SSSR count). The van der Waals surface area contributed by atoms with E-state index in [1.54, 1.807) is 0 Å². The minimum Gasteiger partial charge on any atom is -0.506 e. The third-order valence-electron chi connectivity index (χ3n) is 2.96. The lowest BCUT2D eigenvalue weighted by Gasteiger charge is -2.05. The van der Waals surface area contributed by atoms with Crippen molar-refractivity contribution in [2.45, 2.75) is 0 Å². The van der Waals surface area contributed by atoms with E-state index in [0.29, 0.717) is 5.95 Å². The fourth-order valence-corrected chi connectivity index (χ4v) is 2.36. The molecule has 0 unspecified atom stereocenters. The summed E-state index contributed by atoms with van der Waals surface area (Å²) < 4.78 is 0. The van der Waals surface area contributed by atoms with Gasteiger partial charge in [0.05, 0.1) is 22.3 Å². The molecule has 0 aliphatic rings. The molecule has 0 radical (unpaired) electrons. The first-order valence-corrected chi connectivity index (χ1v) is 6.95. The minimum atomic E-state index is -0.372. The average molecular weight is 337 g/mol. The van der Waals surface area contributed by atoms with Crippen LogP contribution in [-0.2, 0) is 0 Å². The zero-order valence-electron chi connectivity index (χ0n) is 11.0. The molecule has 0 bridgehead atoms. The van der Waals surface area contributed by atoms with Gasteiger partial charge in [0.25, 0.3) is 0 Å². The smallest absolute Gasteiger partial charge is 0.222 e. The van der Waals surface area contributed by atoms with Gasteiger partial charge in [-0.2, -0.15) is 5.10 Å². The molecule has 0 aliphatic carbocycles. The van der Waals surface area contributed by atoms with Crippen LogP contribution in [0.5, 0.6) is 11.5 Å². The van der Waals surface area contributed by atoms with Gasteiger partial charge < -0.3 is 15.2 Å². The van der Waals surface area contributed by atoms with Crippen LogP contribution >= 0.6 is 23.2 Å². The van der Waals surface area contributed by atoms with E-state index >= 15 is 0 Å². The zero-order valence-corrected chi connectivity index (χ0v) is 12.5. The number of nitrogens with one attached hydrogen (secondary N) is 2. The van der Waals surface area contributed by atoms with Crippen molar-refractivity contribution in [3.63, 3.8) is 0 Å². The Labute approximate surface area is 135 Å². The number of hydrazone groups is 1. The van der Waals surface area contributed by atoms with Crippen LogP contribution < -0.4 is 5.43 Å². The van der Waals surface area contributed by atoms with Crippen molar-refractivity contribution in [2.24, 2.45) is 5.10 Å². The van der Waals surface area contributed by atoms with Crippen molar-refractivity contribution in [3.8, 4) is 11.5 Å². The number of rotatable bonds is 3. The van der Waals surface area contributed by atoms with Crippen molar-refractivity contribution >= 4 is 46.4 Å². The van der Waals surface area contributed by atoms with Gasteiger partial charge in [-0.3, -0.25) is 0 Å². The highest BCUT2D eigenvalue weighted by atomic mass is 35.5. The number of para-hydroxylation sites is 2. The molecule has 0 fully saturated rings. The van der Waals surface area contributed by atoms with Gasteiger partial charge in [-0.1, -0.05) is 35.3 Å². The normalized spacial score (nSPS) is 11.4. The van der Waals surface area contributed by atoms with Crippen LogP contribution in [0.1, 0.15) is 5.56 Å². The maximum Gasteiger partial charge on any atom is 0.222 e. The van der Waals surface area contributed by atoms with Crippen LogP contribution in [0, 0.1) is 0 Å². The van der Waals surface area contributed by atoms with Crippen LogP contribution in [0.4, 0.5) is 5.95 Å². The highest BCUT2D eigenvalue weighted by Gasteiger charge is 2.13. The van der Waals surface area contributed by atoms with E-state index < -0.39 is 0 Å². The van der Waals surface area contributed by atoms with Gasteiger partial charge in [-0.05, 0) is 18.2 Å². The number of aromatic nitrogens is 2. The van der Waals surface area contributed by atoms with E-state index in [2.05, 4.69) is 20.5 Å². The molecule has 112 valence electrons. The number of imidazole rings is 1. The minimum absolute atomic E-state index is 0.0213. The second-order valence-electron chi connectivity index (χ2n) is 4.43. The van der Waals surface area contributed by atoms with Gasteiger partial charge in [0.2, 0.25) is 5.95 Å². The Hall–Kier alpha value is -2.44. The van der Waals surface area contributed by atoms with Crippen LogP contribution in [0.25, 0.3) is 11.0 Å². The number of halogens is 2. The highest BCUT2D eigenvalue weighted by Crippen LogP contribution is 2.40. The van der Waals surface area contributed by atoms with Gasteiger partial charge in [0, 0.05) is 5.56 Å². The summed E-state index contributed by atoms with van der Waals surface area (Å²) in [6.45, 7) is 0. The summed E-state index contributed by atoms with van der Waals surface area (Å²) in [5.41, 5.74) is 4.65. The molecule has 6 nitrogen and oxygen atoms in total. The van der Waals surface area contributed by atoms with Crippen molar-refractivity contribution in [1.82, 2.24) is 9.97 Å². The number of phenols is 2. The van der Waals surface area contributed by atoms with Crippen LogP contribution in [0.2, 0.25) is 10.0 Å². The van der Waals surface area contributed by atoms with E-state index in [0.717, 1.165) is 11.0 Å². The Morgan fingerprint density at radius 2 is 1.95 bits per heavy atom. The summed E-state index contributed by atoms with van der Waals surface area (Å²) in [6, 6.07) is 8.89. The molecule has 0 saturated carbocycles. The van der Waals surface area contributed by atoms with Crippen LogP contribution in [-0.4, -0.2) is 26.4 Å². The molecule has 0 saturated heterocycles. The van der Waals surface area contributed by atoms with E-state index in [4.69, 9.17) is 23.2 Å². The fourth-order valence-electron chi connectivity index (χ4n) is 1.88. The summed E-state index contributed by atoms with van der Waals surface area (Å²) in [7, 11) is 0. The highest BCUT2D eigenvalue weighted by molar-refractivity contribution is 6.38. The number of aromatic amines is 1. The number of nitrogens with zero attached hydrogens (tertiary/aromatic N) is 2. The molecular formula is C14H10Cl2N4O2. The van der Waals surface area contributed by atoms with Gasteiger partial charge in [-0.15, -0.1) is 0 Å². The van der Waals surface area contributed by atoms with Crippen molar-refractivity contribution < 1.29 is 10.2 Å². The Morgan fingerprint density at radius 1 is 1.18 bits per heavy atom. The van der Waals surface area contributed by atoms with Gasteiger partial charge in [0.1, 0.15) is 10.8 Å². The van der Waals surface area contributed by atoms with Crippen molar-refractivity contribution in [3.05, 3.63) is 45.9 Å². The number of hydrogen-bond acceptors (Lipinski definition) is 5. The second-order valence-corrected chi connectivity index (χ2v) is 5.22. The number of H-pyrrole nitrogens is 1. The van der Waals surface area contributed by atoms with Gasteiger partial charge >= 0.3 is 0 Å². The predicted molar refractivity (Wildman–Crippen MR) is 87.1 cm³/mol. The molecule has 2 aromatic carbocycles. The number of anilines is 1. The van der Waals surface area contributed by atoms with Gasteiger partial charge in [0.15, 0.2) is 5.75 Å². The van der Waals surface area contributed by atoms with E-state index in [9.17, 15) is 10.2 Å². The maximum absolute atomic E-state index is 9.82. The molecule has 0 amide bonds. The summed E-state index contributed by atoms with van der Waals surface area (Å²) >= 11 is 11.5. The Kier molecular flexibility index (Phi) is 3.79. The number of aromatic hydroxyl groups is 2. The molecule has 1 aromatic heterocycles. The summed E-state index contributed by atoms with van der Waals surface area (Å²) in [5.74, 6) is -0.227. The van der Waals surface area contributed by atoms with Crippen LogP contribution in [0.3, 0.4) is 0 Å². The lowest BCUT2D eigenvalue weighted by atomic mass is 10.2. The molecular weight excluding hydrogens is 327 g/mol. The number of benzene rings is 2. The summed E-state index contributed by atoms with van der Waals surface area (Å²) in [4.78, 5) is 7.32. The quantitative estimate of drug-likeness (QED) is 0.433.